The fourth-order valence-corrected chi connectivity index (χ4v) is 6.99. The van der Waals surface area contributed by atoms with E-state index >= 15 is 0 Å². The van der Waals surface area contributed by atoms with Crippen molar-refractivity contribution in [2.24, 2.45) is 0 Å². The molecule has 0 saturated carbocycles. The third-order valence-electron chi connectivity index (χ3n) is 10.4. The summed E-state index contributed by atoms with van der Waals surface area (Å²) in [4.78, 5) is 25.2. The number of allylic oxidation sites excluding steroid dienone is 27. The van der Waals surface area contributed by atoms with Crippen LogP contribution in [0.4, 0.5) is 0 Å². The van der Waals surface area contributed by atoms with Gasteiger partial charge in [0.1, 0.15) is 13.2 Å². The summed E-state index contributed by atoms with van der Waals surface area (Å²) in [6.07, 6.45) is 80.4. The van der Waals surface area contributed by atoms with Crippen molar-refractivity contribution < 1.29 is 32.9 Å². The number of nitrogens with one attached hydrogen (secondary N) is 1. The van der Waals surface area contributed by atoms with E-state index in [4.69, 9.17) is 9.05 Å². The summed E-state index contributed by atoms with van der Waals surface area (Å²) in [7, 11) is 1.19. The minimum Gasteiger partial charge on any atom is -0.756 e. The highest BCUT2D eigenvalue weighted by molar-refractivity contribution is 7.45. The first-order chi connectivity index (χ1) is 34.0. The van der Waals surface area contributed by atoms with Crippen LogP contribution in [0.3, 0.4) is 0 Å². The molecular weight excluding hydrogens is 888 g/mol. The van der Waals surface area contributed by atoms with Gasteiger partial charge in [-0.15, -0.1) is 0 Å². The molecule has 0 spiro atoms. The van der Waals surface area contributed by atoms with Crippen LogP contribution in [0.25, 0.3) is 0 Å². The maximum atomic E-state index is 12.8. The van der Waals surface area contributed by atoms with Crippen LogP contribution in [0.15, 0.2) is 170 Å². The van der Waals surface area contributed by atoms with E-state index in [-0.39, 0.29) is 12.5 Å². The minimum absolute atomic E-state index is 0.0219. The molecule has 0 aromatic carbocycles. The van der Waals surface area contributed by atoms with Gasteiger partial charge in [-0.25, -0.2) is 0 Å². The Morgan fingerprint density at radius 1 is 0.514 bits per heavy atom. The number of nitrogens with zero attached hydrogens (tertiary/aromatic N) is 1. The summed E-state index contributed by atoms with van der Waals surface area (Å²) in [6, 6.07) is -0.926. The number of rotatable bonds is 45. The van der Waals surface area contributed by atoms with Gasteiger partial charge < -0.3 is 28.8 Å². The topological polar surface area (TPSA) is 108 Å². The van der Waals surface area contributed by atoms with Crippen molar-refractivity contribution in [2.45, 2.75) is 167 Å². The van der Waals surface area contributed by atoms with Crippen LogP contribution < -0.4 is 10.2 Å². The number of likely N-dealkylation sites (N-methyl/N-ethyl adjacent to an activating group) is 1. The molecule has 0 aliphatic rings. The van der Waals surface area contributed by atoms with E-state index in [9.17, 15) is 19.4 Å². The highest BCUT2D eigenvalue weighted by Gasteiger charge is 2.23. The number of carbonyl (C=O) groups is 1. The van der Waals surface area contributed by atoms with Gasteiger partial charge in [0.2, 0.25) is 5.91 Å². The molecule has 0 radical (unpaired) electrons. The van der Waals surface area contributed by atoms with E-state index in [2.05, 4.69) is 177 Å². The Morgan fingerprint density at radius 2 is 0.886 bits per heavy atom. The van der Waals surface area contributed by atoms with Crippen molar-refractivity contribution in [3.63, 3.8) is 0 Å². The fourth-order valence-electron chi connectivity index (χ4n) is 6.27. The normalized spacial score (nSPS) is 15.4. The molecule has 8 nitrogen and oxygen atoms in total. The van der Waals surface area contributed by atoms with E-state index < -0.39 is 26.6 Å². The van der Waals surface area contributed by atoms with Gasteiger partial charge in [0, 0.05) is 6.42 Å². The predicted molar refractivity (Wildman–Crippen MR) is 301 cm³/mol. The molecule has 1 amide bonds. The number of unbranched alkanes of at least 4 members (excludes halogenated alkanes) is 6. The highest BCUT2D eigenvalue weighted by Crippen LogP contribution is 2.38. The van der Waals surface area contributed by atoms with E-state index in [1.54, 1.807) is 6.08 Å². The zero-order chi connectivity index (χ0) is 51.3. The first-order valence-electron chi connectivity index (χ1n) is 26.5. The zero-order valence-corrected chi connectivity index (χ0v) is 45.3. The lowest BCUT2D eigenvalue weighted by Gasteiger charge is -2.29. The maximum absolute atomic E-state index is 12.8. The molecule has 3 unspecified atom stereocenters. The predicted octanol–water partition coefficient (Wildman–Crippen LogP) is 15.4. The van der Waals surface area contributed by atoms with E-state index in [1.165, 1.54) is 0 Å². The quantitative estimate of drug-likeness (QED) is 0.0272. The number of hydrogen-bond acceptors (Lipinski definition) is 6. The molecule has 3 atom stereocenters. The molecule has 0 rings (SSSR count). The van der Waals surface area contributed by atoms with Crippen LogP contribution in [0, 0.1) is 0 Å². The molecule has 0 fully saturated rings. The number of hydrogen-bond donors (Lipinski definition) is 2. The zero-order valence-electron chi connectivity index (χ0n) is 44.4. The standard InChI is InChI=1S/C61H97N2O6P/c1-6-8-10-12-14-15-16-17-18-19-20-21-22-23-24-25-26-27-28-29-30-31-32-33-34-35-36-37-38-39-40-41-42-43-44-45-46-47-49-51-53-55-61(65)62-59(60(64)54-52-50-48-13-11-9-7-2)58-69-70(66,67)68-57-56-63(3,4)5/h8,10-11,13-15,17-18,20-21,23-24,26-27,29-30,32-33,35-36,38-39,41-42,44-45,52,54,59-60,64H,6-7,9,12,16,19,22,25,28,31,34,37,40,43,46-51,53,55-58H2,1-5H3,(H-,62,65,66,67)/b10-8-,13-11+,15-14-,18-17-,21-20-,24-23-,27-26-,30-29-,33-32-,36-35-,39-38-,42-41-,45-44-,54-52+. The number of phosphoric ester groups is 1. The number of phosphoric acid groups is 1. The van der Waals surface area contributed by atoms with Gasteiger partial charge in [-0.1, -0.05) is 203 Å². The lowest BCUT2D eigenvalue weighted by atomic mass is 10.1. The van der Waals surface area contributed by atoms with Crippen LogP contribution in [-0.4, -0.2) is 68.5 Å². The van der Waals surface area contributed by atoms with Crippen molar-refractivity contribution in [1.29, 1.82) is 0 Å². The van der Waals surface area contributed by atoms with E-state index in [0.717, 1.165) is 128 Å². The summed E-state index contributed by atoms with van der Waals surface area (Å²) in [6.45, 7) is 4.33. The van der Waals surface area contributed by atoms with E-state index in [1.807, 2.05) is 27.2 Å². The van der Waals surface area contributed by atoms with E-state index in [0.29, 0.717) is 23.9 Å². The Bertz CT molecular complexity index is 1730. The van der Waals surface area contributed by atoms with Crippen molar-refractivity contribution in [1.82, 2.24) is 5.32 Å². The minimum atomic E-state index is -4.61. The molecule has 392 valence electrons. The number of amides is 1. The number of aliphatic hydroxyl groups excluding tert-OH is 1. The van der Waals surface area contributed by atoms with Crippen molar-refractivity contribution in [3.8, 4) is 0 Å². The SMILES string of the molecule is CC/C=C\C/C=C\C/C=C\C/C=C\C/C=C\C/C=C\C/C=C\C/C=C\C/C=C\C/C=C\C/C=C\C/C=C\CCCCCCC(=O)NC(COP(=O)([O-])OCC[N+](C)(C)C)C(O)/C=C/CC/C=C/CCC. The van der Waals surface area contributed by atoms with Crippen molar-refractivity contribution >= 4 is 13.7 Å². The second-order valence-electron chi connectivity index (χ2n) is 18.1. The van der Waals surface area contributed by atoms with Crippen molar-refractivity contribution in [3.05, 3.63) is 170 Å². The van der Waals surface area contributed by atoms with Gasteiger partial charge in [0.15, 0.2) is 0 Å². The molecule has 0 aliphatic carbocycles. The molecule has 2 N–H and O–H groups in total. The molecule has 0 aromatic heterocycles. The number of aliphatic hydroxyl groups is 1. The second-order valence-corrected chi connectivity index (χ2v) is 19.5. The smallest absolute Gasteiger partial charge is 0.268 e. The molecule has 0 bridgehead atoms. The maximum Gasteiger partial charge on any atom is 0.268 e. The Kier molecular flexibility index (Phi) is 46.9. The number of carbonyl (C=O) groups excluding carboxylic acids is 1. The third-order valence-corrected chi connectivity index (χ3v) is 11.4. The average Bonchev–Trinajstić information content (AvgIpc) is 3.32. The fraction of sp³-hybridized carbons (Fsp3) is 0.525. The van der Waals surface area contributed by atoms with Crippen LogP contribution in [0.1, 0.15) is 155 Å². The van der Waals surface area contributed by atoms with Crippen LogP contribution in [0.5, 0.6) is 0 Å². The van der Waals surface area contributed by atoms with Gasteiger partial charge in [-0.3, -0.25) is 9.36 Å². The van der Waals surface area contributed by atoms with Crippen molar-refractivity contribution in [2.75, 3.05) is 40.9 Å². The summed E-state index contributed by atoms with van der Waals surface area (Å²) in [5.74, 6) is -0.246. The number of quaternary nitrogens is 1. The second kappa shape index (κ2) is 49.8. The van der Waals surface area contributed by atoms with Crippen LogP contribution in [-0.2, 0) is 18.4 Å². The Hall–Kier alpha value is -4.14. The Morgan fingerprint density at radius 3 is 1.30 bits per heavy atom. The molecule has 70 heavy (non-hydrogen) atoms. The largest absolute Gasteiger partial charge is 0.756 e. The highest BCUT2D eigenvalue weighted by atomic mass is 31.2. The van der Waals surface area contributed by atoms with Gasteiger partial charge in [-0.05, 0) is 116 Å². The summed E-state index contributed by atoms with van der Waals surface area (Å²) in [5, 5.41) is 13.6. The third kappa shape index (κ3) is 51.7. The van der Waals surface area contributed by atoms with Gasteiger partial charge in [-0.2, -0.15) is 0 Å². The molecule has 0 saturated heterocycles. The molecular formula is C61H97N2O6P. The average molecular weight is 985 g/mol. The van der Waals surface area contributed by atoms with Crippen LogP contribution >= 0.6 is 7.82 Å². The molecule has 0 aromatic rings. The lowest BCUT2D eigenvalue weighted by Crippen LogP contribution is -2.45. The van der Waals surface area contributed by atoms with Gasteiger partial charge in [0.05, 0.1) is 39.9 Å². The monoisotopic (exact) mass is 985 g/mol. The first-order valence-corrected chi connectivity index (χ1v) is 28.0. The first kappa shape index (κ1) is 65.9. The Balaban J connectivity index is 4.11. The lowest BCUT2D eigenvalue weighted by molar-refractivity contribution is -0.870. The van der Waals surface area contributed by atoms with Crippen LogP contribution in [0.2, 0.25) is 0 Å². The molecule has 9 heteroatoms. The molecule has 0 heterocycles. The summed E-state index contributed by atoms with van der Waals surface area (Å²) >= 11 is 0. The Labute approximate surface area is 428 Å². The molecule has 0 aliphatic heterocycles. The summed E-state index contributed by atoms with van der Waals surface area (Å²) < 4.78 is 23.1. The van der Waals surface area contributed by atoms with Gasteiger partial charge >= 0.3 is 0 Å². The summed E-state index contributed by atoms with van der Waals surface area (Å²) in [5.41, 5.74) is 0. The van der Waals surface area contributed by atoms with Gasteiger partial charge in [0.25, 0.3) is 7.82 Å².